The van der Waals surface area contributed by atoms with E-state index in [0.29, 0.717) is 35.7 Å². The van der Waals surface area contributed by atoms with Crippen LogP contribution in [-0.2, 0) is 6.42 Å². The Kier molecular flexibility index (Phi) is 10.0. The molecule has 0 spiro atoms. The predicted molar refractivity (Wildman–Crippen MR) is 170 cm³/mol. The van der Waals surface area contributed by atoms with Crippen LogP contribution >= 0.6 is 0 Å². The average Bonchev–Trinajstić information content (AvgIpc) is 3.88. The highest BCUT2D eigenvalue weighted by Crippen LogP contribution is 2.19. The summed E-state index contributed by atoms with van der Waals surface area (Å²) in [6.07, 6.45) is 1.88. The summed E-state index contributed by atoms with van der Waals surface area (Å²) in [5.74, 6) is 5.57. The van der Waals surface area contributed by atoms with Gasteiger partial charge in [0.05, 0.1) is 18.2 Å². The van der Waals surface area contributed by atoms with Crippen molar-refractivity contribution >= 4 is 11.8 Å². The third-order valence-electron chi connectivity index (χ3n) is 7.50. The lowest BCUT2D eigenvalue weighted by atomic mass is 9.99. The van der Waals surface area contributed by atoms with Gasteiger partial charge in [0.2, 0.25) is 0 Å². The summed E-state index contributed by atoms with van der Waals surface area (Å²) in [5.41, 5.74) is 4.00. The fraction of sp³-hybridized carbons (Fsp3) is 0.243. The second-order valence-corrected chi connectivity index (χ2v) is 11.0. The molecule has 1 aliphatic carbocycles. The van der Waals surface area contributed by atoms with Crippen LogP contribution in [0.2, 0.25) is 0 Å². The van der Waals surface area contributed by atoms with E-state index in [9.17, 15) is 14.7 Å². The fourth-order valence-corrected chi connectivity index (χ4v) is 4.85. The van der Waals surface area contributed by atoms with Gasteiger partial charge >= 0.3 is 0 Å². The van der Waals surface area contributed by atoms with E-state index in [4.69, 9.17) is 0 Å². The topological polar surface area (TPSA) is 90.5 Å². The third kappa shape index (κ3) is 8.89. The Hall–Kier alpha value is -4.70. The van der Waals surface area contributed by atoms with Gasteiger partial charge in [-0.25, -0.2) is 0 Å². The number of nitrogens with one attached hydrogen (secondary N) is 3. The molecule has 3 atom stereocenters. The molecular weight excluding hydrogens is 534 g/mol. The van der Waals surface area contributed by atoms with Gasteiger partial charge in [0.1, 0.15) is 0 Å². The maximum absolute atomic E-state index is 13.7. The van der Waals surface area contributed by atoms with E-state index in [0.717, 1.165) is 29.5 Å². The summed E-state index contributed by atoms with van der Waals surface area (Å²) in [4.78, 5) is 27.1. The number of benzene rings is 4. The van der Waals surface area contributed by atoms with Crippen molar-refractivity contribution in [3.05, 3.63) is 143 Å². The molecule has 4 aromatic carbocycles. The van der Waals surface area contributed by atoms with Gasteiger partial charge in [0.15, 0.2) is 0 Å². The molecule has 0 heterocycles. The molecule has 6 nitrogen and oxygen atoms in total. The van der Waals surface area contributed by atoms with E-state index in [1.807, 2.05) is 97.9 Å². The van der Waals surface area contributed by atoms with Crippen LogP contribution in [-0.4, -0.2) is 41.7 Å². The van der Waals surface area contributed by atoms with E-state index in [1.54, 1.807) is 18.2 Å². The molecule has 218 valence electrons. The predicted octanol–water partition coefficient (Wildman–Crippen LogP) is 5.03. The SMILES string of the molecule is C[C@@H](NC(=O)c1cc(C#Cc2ccccc2)cc(C(=O)N[C@@H](Cc2ccccc2)[C@H](O)CNC2CC2)c1)c1ccccc1. The summed E-state index contributed by atoms with van der Waals surface area (Å²) in [6, 6.07) is 33.7. The highest BCUT2D eigenvalue weighted by Gasteiger charge is 2.27. The van der Waals surface area contributed by atoms with Gasteiger partial charge in [-0.3, -0.25) is 9.59 Å². The largest absolute Gasteiger partial charge is 0.390 e. The number of rotatable bonds is 11. The van der Waals surface area contributed by atoms with E-state index in [-0.39, 0.29) is 17.9 Å². The van der Waals surface area contributed by atoms with Gasteiger partial charge in [-0.15, -0.1) is 0 Å². The maximum atomic E-state index is 13.7. The van der Waals surface area contributed by atoms with Crippen LogP contribution in [0.3, 0.4) is 0 Å². The Bertz CT molecular complexity index is 1580. The standard InChI is InChI=1S/C37H37N3O3/c1-26(30-15-9-4-10-16-30)39-36(42)31-21-29(18-17-27-11-5-2-6-12-27)22-32(24-31)37(43)40-34(23-28-13-7-3-8-14-28)35(41)25-38-33-19-20-33/h2-16,21-22,24,26,33-35,38,41H,19-20,23,25H2,1H3,(H,39,42)(H,40,43)/t26-,34+,35-/m1/s1. The van der Waals surface area contributed by atoms with Crippen molar-refractivity contribution in [3.63, 3.8) is 0 Å². The van der Waals surface area contributed by atoms with Crippen molar-refractivity contribution in [2.24, 2.45) is 0 Å². The van der Waals surface area contributed by atoms with Gasteiger partial charge in [-0.1, -0.05) is 90.7 Å². The molecule has 0 unspecified atom stereocenters. The number of aliphatic hydroxyl groups excluding tert-OH is 1. The van der Waals surface area contributed by atoms with Crippen LogP contribution in [0, 0.1) is 11.8 Å². The van der Waals surface area contributed by atoms with Gasteiger partial charge in [0, 0.05) is 34.8 Å². The molecule has 5 rings (SSSR count). The van der Waals surface area contributed by atoms with Crippen LogP contribution in [0.4, 0.5) is 0 Å². The molecule has 0 saturated heterocycles. The quantitative estimate of drug-likeness (QED) is 0.190. The second kappa shape index (κ2) is 14.5. The van der Waals surface area contributed by atoms with Gasteiger partial charge < -0.3 is 21.1 Å². The Morgan fingerprint density at radius 2 is 1.33 bits per heavy atom. The molecular formula is C37H37N3O3. The molecule has 1 aliphatic rings. The number of carbonyl (C=O) groups is 2. The number of hydrogen-bond acceptors (Lipinski definition) is 4. The zero-order valence-electron chi connectivity index (χ0n) is 24.3. The minimum atomic E-state index is -0.791. The zero-order chi connectivity index (χ0) is 30.0. The van der Waals surface area contributed by atoms with E-state index in [2.05, 4.69) is 27.8 Å². The summed E-state index contributed by atoms with van der Waals surface area (Å²) < 4.78 is 0. The lowest BCUT2D eigenvalue weighted by Gasteiger charge is -2.25. The molecule has 4 N–H and O–H groups in total. The van der Waals surface area contributed by atoms with Gasteiger partial charge in [-0.2, -0.15) is 0 Å². The Morgan fingerprint density at radius 3 is 1.95 bits per heavy atom. The highest BCUT2D eigenvalue weighted by atomic mass is 16.3. The van der Waals surface area contributed by atoms with E-state index < -0.39 is 12.1 Å². The normalized spacial score (nSPS) is 14.5. The zero-order valence-corrected chi connectivity index (χ0v) is 24.3. The van der Waals surface area contributed by atoms with Crippen molar-refractivity contribution in [3.8, 4) is 11.8 Å². The van der Waals surface area contributed by atoms with E-state index >= 15 is 0 Å². The van der Waals surface area contributed by atoms with Crippen molar-refractivity contribution in [1.29, 1.82) is 0 Å². The third-order valence-corrected chi connectivity index (χ3v) is 7.50. The van der Waals surface area contributed by atoms with Crippen LogP contribution < -0.4 is 16.0 Å². The molecule has 1 fully saturated rings. The first-order valence-electron chi connectivity index (χ1n) is 14.8. The van der Waals surface area contributed by atoms with Crippen LogP contribution in [0.25, 0.3) is 0 Å². The Morgan fingerprint density at radius 1 is 0.767 bits per heavy atom. The minimum absolute atomic E-state index is 0.227. The summed E-state index contributed by atoms with van der Waals surface area (Å²) in [5, 5.41) is 20.5. The number of hydrogen-bond donors (Lipinski definition) is 4. The highest BCUT2D eigenvalue weighted by molar-refractivity contribution is 6.00. The molecule has 1 saturated carbocycles. The first-order valence-corrected chi connectivity index (χ1v) is 14.8. The molecule has 6 heteroatoms. The van der Waals surface area contributed by atoms with Crippen molar-refractivity contribution in [2.75, 3.05) is 6.54 Å². The molecule has 0 aromatic heterocycles. The second-order valence-electron chi connectivity index (χ2n) is 11.0. The van der Waals surface area contributed by atoms with Gasteiger partial charge in [0.25, 0.3) is 11.8 Å². The molecule has 2 amide bonds. The Labute approximate surface area is 253 Å². The summed E-state index contributed by atoms with van der Waals surface area (Å²) >= 11 is 0. The average molecular weight is 572 g/mol. The fourth-order valence-electron chi connectivity index (χ4n) is 4.85. The molecule has 4 aromatic rings. The minimum Gasteiger partial charge on any atom is -0.390 e. The van der Waals surface area contributed by atoms with Crippen LogP contribution in [0.1, 0.15) is 68.8 Å². The van der Waals surface area contributed by atoms with Gasteiger partial charge in [-0.05, 0) is 67.6 Å². The molecule has 0 aliphatic heterocycles. The number of aliphatic hydroxyl groups is 1. The first-order chi connectivity index (χ1) is 20.9. The monoisotopic (exact) mass is 571 g/mol. The van der Waals surface area contributed by atoms with E-state index in [1.165, 1.54) is 0 Å². The van der Waals surface area contributed by atoms with Crippen molar-refractivity contribution in [2.45, 2.75) is 50.4 Å². The van der Waals surface area contributed by atoms with Crippen molar-refractivity contribution in [1.82, 2.24) is 16.0 Å². The van der Waals surface area contributed by atoms with Crippen LogP contribution in [0.5, 0.6) is 0 Å². The first kappa shape index (κ1) is 29.8. The molecule has 0 radical (unpaired) electrons. The molecule has 43 heavy (non-hydrogen) atoms. The maximum Gasteiger partial charge on any atom is 0.251 e. The lowest BCUT2D eigenvalue weighted by molar-refractivity contribution is 0.0830. The smallest absolute Gasteiger partial charge is 0.251 e. The number of amides is 2. The van der Waals surface area contributed by atoms with Crippen molar-refractivity contribution < 1.29 is 14.7 Å². The number of carbonyl (C=O) groups excluding carboxylic acids is 2. The molecule has 0 bridgehead atoms. The summed E-state index contributed by atoms with van der Waals surface area (Å²) in [7, 11) is 0. The lowest BCUT2D eigenvalue weighted by Crippen LogP contribution is -2.49. The Balaban J connectivity index is 1.41. The van der Waals surface area contributed by atoms with Crippen LogP contribution in [0.15, 0.2) is 109 Å². The summed E-state index contributed by atoms with van der Waals surface area (Å²) in [6.45, 7) is 2.31.